The summed E-state index contributed by atoms with van der Waals surface area (Å²) in [5.41, 5.74) is 12.5. The van der Waals surface area contributed by atoms with Crippen LogP contribution in [0.2, 0.25) is 0 Å². The van der Waals surface area contributed by atoms with Crippen LogP contribution in [-0.4, -0.2) is 15.0 Å². The van der Waals surface area contributed by atoms with Crippen LogP contribution in [0.25, 0.3) is 143 Å². The average Bonchev–Trinajstić information content (AvgIpc) is 3.45. The number of rotatable bonds is 6. The standard InChI is InChI=1S/C67H41N3/c1-2-14-44(15-3-1)67-69-65(43-28-26-42(27-29-43)50-34-35-68-64-25-13-12-24-61(50)64)41-66(70-67)49-37-47(45-30-32-59-55-20-6-4-16-51(55)53-18-8-10-22-57(53)62(59)39-45)36-48(38-49)46-31-33-60-56-21-7-5-17-52(56)54-19-9-11-23-58(54)63(60)40-46/h1-41H. The lowest BCUT2D eigenvalue weighted by Gasteiger charge is -2.16. The van der Waals surface area contributed by atoms with Crippen LogP contribution in [0.5, 0.6) is 0 Å². The molecule has 0 bridgehead atoms. The van der Waals surface area contributed by atoms with E-state index in [-0.39, 0.29) is 0 Å². The Kier molecular flexibility index (Phi) is 9.21. The van der Waals surface area contributed by atoms with Crippen molar-refractivity contribution in [3.63, 3.8) is 0 Å². The second kappa shape index (κ2) is 16.2. The highest BCUT2D eigenvalue weighted by Gasteiger charge is 2.17. The lowest BCUT2D eigenvalue weighted by atomic mass is 9.89. The van der Waals surface area contributed by atoms with Crippen LogP contribution >= 0.6 is 0 Å². The summed E-state index contributed by atoms with van der Waals surface area (Å²) < 4.78 is 0. The van der Waals surface area contributed by atoms with Crippen molar-refractivity contribution in [3.8, 4) is 67.3 Å². The smallest absolute Gasteiger partial charge is 0.160 e. The third-order valence-corrected chi connectivity index (χ3v) is 14.3. The Hall–Kier alpha value is -9.31. The zero-order valence-corrected chi connectivity index (χ0v) is 38.0. The molecule has 12 aromatic carbocycles. The van der Waals surface area contributed by atoms with E-state index in [4.69, 9.17) is 9.97 Å². The second-order valence-electron chi connectivity index (χ2n) is 18.3. The summed E-state index contributed by atoms with van der Waals surface area (Å²) in [6, 6.07) is 87.8. The molecule has 70 heavy (non-hydrogen) atoms. The van der Waals surface area contributed by atoms with E-state index < -0.39 is 0 Å². The molecule has 0 amide bonds. The van der Waals surface area contributed by atoms with Gasteiger partial charge in [-0.2, -0.15) is 0 Å². The maximum absolute atomic E-state index is 5.40. The largest absolute Gasteiger partial charge is 0.256 e. The Morgan fingerprint density at radius 1 is 0.214 bits per heavy atom. The zero-order valence-electron chi connectivity index (χ0n) is 38.0. The average molecular weight is 888 g/mol. The zero-order chi connectivity index (χ0) is 46.1. The van der Waals surface area contributed by atoms with Crippen molar-refractivity contribution in [2.24, 2.45) is 0 Å². The van der Waals surface area contributed by atoms with E-state index in [1.807, 2.05) is 18.3 Å². The van der Waals surface area contributed by atoms with Gasteiger partial charge in [0, 0.05) is 28.3 Å². The number of fused-ring (bicyclic) bond motifs is 13. The van der Waals surface area contributed by atoms with Crippen molar-refractivity contribution in [1.29, 1.82) is 0 Å². The number of nitrogens with zero attached hydrogens (tertiary/aromatic N) is 3. The van der Waals surface area contributed by atoms with Gasteiger partial charge in [0.05, 0.1) is 16.9 Å². The third-order valence-electron chi connectivity index (χ3n) is 14.3. The quantitative estimate of drug-likeness (QED) is 0.156. The second-order valence-corrected chi connectivity index (χ2v) is 18.3. The van der Waals surface area contributed by atoms with Gasteiger partial charge < -0.3 is 0 Å². The van der Waals surface area contributed by atoms with Crippen LogP contribution in [0.4, 0.5) is 0 Å². The molecule has 0 radical (unpaired) electrons. The van der Waals surface area contributed by atoms with Crippen LogP contribution < -0.4 is 0 Å². The predicted molar refractivity (Wildman–Crippen MR) is 295 cm³/mol. The Bertz CT molecular complexity index is 4150. The van der Waals surface area contributed by atoms with Crippen LogP contribution in [0.1, 0.15) is 0 Å². The molecular formula is C67H41N3. The van der Waals surface area contributed by atoms with E-state index in [1.54, 1.807) is 0 Å². The first-order chi connectivity index (χ1) is 34.7. The fourth-order valence-corrected chi connectivity index (χ4v) is 10.9. The summed E-state index contributed by atoms with van der Waals surface area (Å²) in [7, 11) is 0. The summed E-state index contributed by atoms with van der Waals surface area (Å²) in [5, 5.41) is 16.2. The maximum Gasteiger partial charge on any atom is 0.160 e. The number of hydrogen-bond acceptors (Lipinski definition) is 3. The fraction of sp³-hybridized carbons (Fsp3) is 0. The Balaban J connectivity index is 0.990. The molecule has 0 saturated carbocycles. The first kappa shape index (κ1) is 39.8. The number of pyridine rings is 1. The van der Waals surface area contributed by atoms with E-state index in [9.17, 15) is 0 Å². The molecule has 0 aliphatic heterocycles. The Morgan fingerprint density at radius 2 is 0.600 bits per heavy atom. The van der Waals surface area contributed by atoms with E-state index in [1.165, 1.54) is 64.6 Å². The SMILES string of the molecule is c1ccc(-c2nc(-c3ccc(-c4ccnc5ccccc45)cc3)cc(-c3cc(-c4ccc5c6ccccc6c6ccccc6c5c4)cc(-c4ccc5c6ccccc6c6ccccc6c5c4)c3)n2)cc1. The summed E-state index contributed by atoms with van der Waals surface area (Å²) in [6.07, 6.45) is 1.89. The van der Waals surface area contributed by atoms with Crippen molar-refractivity contribution in [3.05, 3.63) is 249 Å². The lowest BCUT2D eigenvalue weighted by Crippen LogP contribution is -1.97. The molecule has 14 rings (SSSR count). The molecule has 0 unspecified atom stereocenters. The van der Waals surface area contributed by atoms with Gasteiger partial charge in [0.15, 0.2) is 5.82 Å². The molecule has 2 aromatic heterocycles. The molecule has 0 N–H and O–H groups in total. The summed E-state index contributed by atoms with van der Waals surface area (Å²) >= 11 is 0. The predicted octanol–water partition coefficient (Wildman–Crippen LogP) is 17.9. The van der Waals surface area contributed by atoms with Crippen LogP contribution in [0.15, 0.2) is 249 Å². The normalized spacial score (nSPS) is 11.7. The molecule has 0 fully saturated rings. The molecule has 14 aromatic rings. The van der Waals surface area contributed by atoms with Gasteiger partial charge in [-0.15, -0.1) is 0 Å². The first-order valence-corrected chi connectivity index (χ1v) is 23.9. The van der Waals surface area contributed by atoms with Crippen LogP contribution in [0, 0.1) is 0 Å². The van der Waals surface area contributed by atoms with Crippen molar-refractivity contribution >= 4 is 75.5 Å². The van der Waals surface area contributed by atoms with Gasteiger partial charge in [-0.05, 0) is 147 Å². The molecule has 0 atom stereocenters. The van der Waals surface area contributed by atoms with Gasteiger partial charge >= 0.3 is 0 Å². The molecule has 3 heteroatoms. The molecule has 324 valence electrons. The van der Waals surface area contributed by atoms with Gasteiger partial charge in [-0.1, -0.05) is 194 Å². The monoisotopic (exact) mass is 887 g/mol. The van der Waals surface area contributed by atoms with E-state index in [0.717, 1.165) is 72.4 Å². The van der Waals surface area contributed by atoms with Crippen molar-refractivity contribution in [2.45, 2.75) is 0 Å². The molecule has 0 aliphatic carbocycles. The van der Waals surface area contributed by atoms with Crippen molar-refractivity contribution in [1.82, 2.24) is 15.0 Å². The molecule has 3 nitrogen and oxygen atoms in total. The lowest BCUT2D eigenvalue weighted by molar-refractivity contribution is 1.18. The molecule has 0 spiro atoms. The summed E-state index contributed by atoms with van der Waals surface area (Å²) in [5.74, 6) is 0.678. The fourth-order valence-electron chi connectivity index (χ4n) is 10.9. The molecule has 2 heterocycles. The van der Waals surface area contributed by atoms with Crippen LogP contribution in [-0.2, 0) is 0 Å². The first-order valence-electron chi connectivity index (χ1n) is 23.9. The van der Waals surface area contributed by atoms with E-state index in [2.05, 4.69) is 236 Å². The van der Waals surface area contributed by atoms with Crippen molar-refractivity contribution < 1.29 is 0 Å². The van der Waals surface area contributed by atoms with Gasteiger partial charge in [0.1, 0.15) is 0 Å². The van der Waals surface area contributed by atoms with Crippen LogP contribution in [0.3, 0.4) is 0 Å². The minimum Gasteiger partial charge on any atom is -0.256 e. The highest BCUT2D eigenvalue weighted by molar-refractivity contribution is 6.27. The molecular weight excluding hydrogens is 847 g/mol. The molecule has 0 saturated heterocycles. The highest BCUT2D eigenvalue weighted by Crippen LogP contribution is 2.42. The number of benzene rings is 12. The summed E-state index contributed by atoms with van der Waals surface area (Å²) in [6.45, 7) is 0. The van der Waals surface area contributed by atoms with Crippen molar-refractivity contribution in [2.75, 3.05) is 0 Å². The highest BCUT2D eigenvalue weighted by atomic mass is 14.9. The van der Waals surface area contributed by atoms with E-state index >= 15 is 0 Å². The third kappa shape index (κ3) is 6.63. The van der Waals surface area contributed by atoms with E-state index in [0.29, 0.717) is 5.82 Å². The minimum absolute atomic E-state index is 0.678. The summed E-state index contributed by atoms with van der Waals surface area (Å²) in [4.78, 5) is 15.3. The van der Waals surface area contributed by atoms with Gasteiger partial charge in [-0.3, -0.25) is 4.98 Å². The number of para-hydroxylation sites is 1. The Morgan fingerprint density at radius 3 is 1.11 bits per heavy atom. The van der Waals surface area contributed by atoms with Gasteiger partial charge in [0.2, 0.25) is 0 Å². The molecule has 0 aliphatic rings. The van der Waals surface area contributed by atoms with Gasteiger partial charge in [-0.25, -0.2) is 9.97 Å². The number of hydrogen-bond donors (Lipinski definition) is 0. The maximum atomic E-state index is 5.40. The topological polar surface area (TPSA) is 38.7 Å². The number of aromatic nitrogens is 3. The minimum atomic E-state index is 0.678. The van der Waals surface area contributed by atoms with Gasteiger partial charge in [0.25, 0.3) is 0 Å². The Labute approximate surface area is 404 Å².